The maximum Gasteiger partial charge on any atom is 0.319 e. The topological polar surface area (TPSA) is 97.8 Å². The van der Waals surface area contributed by atoms with Gasteiger partial charge in [0.1, 0.15) is 5.82 Å². The van der Waals surface area contributed by atoms with Crippen LogP contribution in [0.4, 0.5) is 16.3 Å². The van der Waals surface area contributed by atoms with Crippen LogP contribution >= 0.6 is 0 Å². The highest BCUT2D eigenvalue weighted by molar-refractivity contribution is 5.89. The summed E-state index contributed by atoms with van der Waals surface area (Å²) in [6.45, 7) is 6.12. The molecule has 0 spiro atoms. The first-order valence-corrected chi connectivity index (χ1v) is 10.8. The van der Waals surface area contributed by atoms with E-state index in [4.69, 9.17) is 24.2 Å². The molecule has 1 aromatic heterocycles. The minimum atomic E-state index is -0.233. The Hall–Kier alpha value is -2.91. The molecule has 0 aliphatic carbocycles. The lowest BCUT2D eigenvalue weighted by atomic mass is 10.1. The van der Waals surface area contributed by atoms with Crippen molar-refractivity contribution in [1.82, 2.24) is 15.3 Å². The van der Waals surface area contributed by atoms with E-state index in [1.807, 2.05) is 24.3 Å². The van der Waals surface area contributed by atoms with E-state index in [2.05, 4.69) is 22.5 Å². The maximum absolute atomic E-state index is 12.0. The van der Waals surface area contributed by atoms with Crippen LogP contribution in [0.25, 0.3) is 11.4 Å². The zero-order valence-electron chi connectivity index (χ0n) is 17.6. The summed E-state index contributed by atoms with van der Waals surface area (Å²) >= 11 is 0. The van der Waals surface area contributed by atoms with Gasteiger partial charge in [0.05, 0.1) is 50.7 Å². The van der Waals surface area contributed by atoms with E-state index >= 15 is 0 Å². The van der Waals surface area contributed by atoms with Gasteiger partial charge in [-0.15, -0.1) is 0 Å². The van der Waals surface area contributed by atoms with Gasteiger partial charge in [0.25, 0.3) is 0 Å². The summed E-state index contributed by atoms with van der Waals surface area (Å²) in [5, 5.41) is 5.71. The summed E-state index contributed by atoms with van der Waals surface area (Å²) in [5.41, 5.74) is 2.66. The quantitative estimate of drug-likeness (QED) is 0.775. The van der Waals surface area contributed by atoms with Gasteiger partial charge in [-0.25, -0.2) is 9.78 Å². The predicted molar refractivity (Wildman–Crippen MR) is 116 cm³/mol. The van der Waals surface area contributed by atoms with E-state index in [-0.39, 0.29) is 18.1 Å². The standard InChI is InChI=1S/C22H27N5O4/c1-14-11-29-10-8-27(14)20-18-3-2-9-31-21(18)26-19(25-20)15-4-6-16(7-5-15)23-22(28)24-17-12-30-13-17/h4-7,14,17H,2-3,8-13H2,1H3,(H2,23,24,28)/t14-/m0/s1. The molecule has 9 nitrogen and oxygen atoms in total. The lowest BCUT2D eigenvalue weighted by Gasteiger charge is -2.36. The Morgan fingerprint density at radius 3 is 2.68 bits per heavy atom. The van der Waals surface area contributed by atoms with Gasteiger partial charge >= 0.3 is 6.03 Å². The predicted octanol–water partition coefficient (Wildman–Crippen LogP) is 2.21. The number of nitrogens with one attached hydrogen (secondary N) is 2. The highest BCUT2D eigenvalue weighted by Gasteiger charge is 2.28. The Bertz CT molecular complexity index is 948. The zero-order chi connectivity index (χ0) is 21.2. The Morgan fingerprint density at radius 1 is 1.10 bits per heavy atom. The number of carbonyl (C=O) groups excluding carboxylic acids is 1. The van der Waals surface area contributed by atoms with Crippen molar-refractivity contribution in [2.75, 3.05) is 49.8 Å². The first-order chi connectivity index (χ1) is 15.2. The number of morpholine rings is 1. The van der Waals surface area contributed by atoms with Crippen molar-refractivity contribution in [3.05, 3.63) is 29.8 Å². The van der Waals surface area contributed by atoms with Crippen LogP contribution in [0.1, 0.15) is 18.9 Å². The van der Waals surface area contributed by atoms with Crippen molar-refractivity contribution in [3.63, 3.8) is 0 Å². The molecule has 5 rings (SSSR count). The molecule has 0 saturated carbocycles. The zero-order valence-corrected chi connectivity index (χ0v) is 17.6. The van der Waals surface area contributed by atoms with Crippen LogP contribution in [0.5, 0.6) is 5.88 Å². The van der Waals surface area contributed by atoms with Gasteiger partial charge in [-0.3, -0.25) is 0 Å². The minimum absolute atomic E-state index is 0.0872. The van der Waals surface area contributed by atoms with E-state index in [1.165, 1.54) is 0 Å². The third-order valence-electron chi connectivity index (χ3n) is 5.77. The molecule has 3 aliphatic heterocycles. The molecule has 1 aromatic carbocycles. The third-order valence-corrected chi connectivity index (χ3v) is 5.77. The van der Waals surface area contributed by atoms with Crippen LogP contribution in [0, 0.1) is 0 Å². The van der Waals surface area contributed by atoms with Crippen molar-refractivity contribution >= 4 is 17.5 Å². The molecule has 164 valence electrons. The van der Waals surface area contributed by atoms with E-state index < -0.39 is 0 Å². The van der Waals surface area contributed by atoms with E-state index in [9.17, 15) is 4.79 Å². The molecule has 3 aliphatic rings. The summed E-state index contributed by atoms with van der Waals surface area (Å²) in [5.74, 6) is 2.24. The second-order valence-electron chi connectivity index (χ2n) is 8.13. The molecular formula is C22H27N5O4. The van der Waals surface area contributed by atoms with Gasteiger partial charge in [0.15, 0.2) is 5.82 Å². The fourth-order valence-electron chi connectivity index (χ4n) is 3.99. The minimum Gasteiger partial charge on any atom is -0.477 e. The SMILES string of the molecule is C[C@H]1COCCN1c1nc(-c2ccc(NC(=O)NC3COC3)cc2)nc2c1CCCO2. The Morgan fingerprint density at radius 2 is 1.94 bits per heavy atom. The third kappa shape index (κ3) is 4.28. The highest BCUT2D eigenvalue weighted by atomic mass is 16.5. The average Bonchev–Trinajstić information content (AvgIpc) is 2.76. The number of hydrogen-bond acceptors (Lipinski definition) is 7. The van der Waals surface area contributed by atoms with Gasteiger partial charge in [0.2, 0.25) is 5.88 Å². The Kier molecular flexibility index (Phi) is 5.61. The van der Waals surface area contributed by atoms with Crippen LogP contribution in [0.2, 0.25) is 0 Å². The molecule has 9 heteroatoms. The lowest BCUT2D eigenvalue weighted by molar-refractivity contribution is 0.000735. The molecule has 2 saturated heterocycles. The first-order valence-electron chi connectivity index (χ1n) is 10.8. The fourth-order valence-corrected chi connectivity index (χ4v) is 3.99. The van der Waals surface area contributed by atoms with E-state index in [0.717, 1.165) is 36.3 Å². The highest BCUT2D eigenvalue weighted by Crippen LogP contribution is 2.34. The Balaban J connectivity index is 1.39. The number of aromatic nitrogens is 2. The van der Waals surface area contributed by atoms with E-state index in [1.54, 1.807) is 0 Å². The smallest absolute Gasteiger partial charge is 0.319 e. The van der Waals surface area contributed by atoms with Gasteiger partial charge in [0, 0.05) is 17.8 Å². The number of rotatable bonds is 4. The van der Waals surface area contributed by atoms with Crippen LogP contribution in [-0.4, -0.2) is 67.7 Å². The molecule has 2 amide bonds. The average molecular weight is 425 g/mol. The number of urea groups is 1. The van der Waals surface area contributed by atoms with Crippen molar-refractivity contribution in [3.8, 4) is 17.3 Å². The molecule has 2 N–H and O–H groups in total. The number of ether oxygens (including phenoxy) is 3. The van der Waals surface area contributed by atoms with E-state index in [0.29, 0.717) is 50.4 Å². The summed E-state index contributed by atoms with van der Waals surface area (Å²) < 4.78 is 16.6. The summed E-state index contributed by atoms with van der Waals surface area (Å²) in [6.07, 6.45) is 1.88. The number of fused-ring (bicyclic) bond motifs is 1. The molecule has 4 heterocycles. The molecule has 0 unspecified atom stereocenters. The number of anilines is 2. The summed E-state index contributed by atoms with van der Waals surface area (Å²) in [7, 11) is 0. The number of hydrogen-bond donors (Lipinski definition) is 2. The number of nitrogens with zero attached hydrogens (tertiary/aromatic N) is 3. The van der Waals surface area contributed by atoms with Crippen molar-refractivity contribution in [2.24, 2.45) is 0 Å². The molecule has 1 atom stereocenters. The second-order valence-corrected chi connectivity index (χ2v) is 8.13. The molecule has 2 aromatic rings. The second kappa shape index (κ2) is 8.68. The van der Waals surface area contributed by atoms with Crippen LogP contribution < -0.4 is 20.3 Å². The van der Waals surface area contributed by atoms with Crippen molar-refractivity contribution < 1.29 is 19.0 Å². The molecule has 2 fully saturated rings. The van der Waals surface area contributed by atoms with Gasteiger partial charge in [-0.1, -0.05) is 0 Å². The molecule has 0 radical (unpaired) electrons. The number of amides is 2. The van der Waals surface area contributed by atoms with Crippen molar-refractivity contribution in [2.45, 2.75) is 31.8 Å². The van der Waals surface area contributed by atoms with Crippen LogP contribution in [0.3, 0.4) is 0 Å². The Labute approximate surface area is 181 Å². The maximum atomic E-state index is 12.0. The summed E-state index contributed by atoms with van der Waals surface area (Å²) in [4.78, 5) is 24.0. The molecular weight excluding hydrogens is 398 g/mol. The number of benzene rings is 1. The lowest BCUT2D eigenvalue weighted by Crippen LogP contribution is -2.49. The van der Waals surface area contributed by atoms with Crippen molar-refractivity contribution in [1.29, 1.82) is 0 Å². The monoisotopic (exact) mass is 425 g/mol. The van der Waals surface area contributed by atoms with Gasteiger partial charge < -0.3 is 29.7 Å². The fraction of sp³-hybridized carbons (Fsp3) is 0.500. The first kappa shape index (κ1) is 20.0. The molecule has 31 heavy (non-hydrogen) atoms. The normalized spacial score (nSPS) is 20.9. The van der Waals surface area contributed by atoms with Gasteiger partial charge in [-0.2, -0.15) is 4.98 Å². The molecule has 0 bridgehead atoms. The van der Waals surface area contributed by atoms with Crippen LogP contribution in [0.15, 0.2) is 24.3 Å². The number of carbonyl (C=O) groups is 1. The van der Waals surface area contributed by atoms with Crippen LogP contribution in [-0.2, 0) is 15.9 Å². The van der Waals surface area contributed by atoms with Gasteiger partial charge in [-0.05, 0) is 44.0 Å². The summed E-state index contributed by atoms with van der Waals surface area (Å²) in [6, 6.07) is 7.64. The largest absolute Gasteiger partial charge is 0.477 e.